The third-order valence-corrected chi connectivity index (χ3v) is 3.93. The van der Waals surface area contributed by atoms with Crippen LogP contribution in [0.25, 0.3) is 0 Å². The Morgan fingerprint density at radius 2 is 1.68 bits per heavy atom. The van der Waals surface area contributed by atoms with Crippen molar-refractivity contribution >= 4 is 23.5 Å². The second-order valence-electron chi connectivity index (χ2n) is 5.27. The zero-order chi connectivity index (χ0) is 14.9. The van der Waals surface area contributed by atoms with Crippen LogP contribution < -0.4 is 15.1 Å². The molecule has 2 aliphatic heterocycles. The van der Waals surface area contributed by atoms with Crippen LogP contribution in [0.4, 0.5) is 17.6 Å². The number of anilines is 3. The lowest BCUT2D eigenvalue weighted by molar-refractivity contribution is -0.115. The Hall–Kier alpha value is -2.77. The smallest absolute Gasteiger partial charge is 0.230 e. The van der Waals surface area contributed by atoms with Crippen LogP contribution in [0.3, 0.4) is 0 Å². The number of carbonyl (C=O) groups excluding carboxylic acids is 1. The van der Waals surface area contributed by atoms with E-state index in [0.29, 0.717) is 12.2 Å². The second kappa shape index (κ2) is 5.21. The van der Waals surface area contributed by atoms with Crippen LogP contribution in [-0.2, 0) is 11.2 Å². The van der Waals surface area contributed by atoms with Crippen molar-refractivity contribution in [3.8, 4) is 0 Å². The molecule has 1 N–H and O–H groups in total. The van der Waals surface area contributed by atoms with Gasteiger partial charge in [0.05, 0.1) is 6.42 Å². The Labute approximate surface area is 127 Å². The maximum absolute atomic E-state index is 11.5. The van der Waals surface area contributed by atoms with Gasteiger partial charge >= 0.3 is 0 Å². The molecule has 0 radical (unpaired) electrons. The summed E-state index contributed by atoms with van der Waals surface area (Å²) in [7, 11) is 0. The fraction of sp³-hybridized carbons (Fsp3) is 0.357. The van der Waals surface area contributed by atoms with Gasteiger partial charge in [0.1, 0.15) is 18.0 Å². The maximum Gasteiger partial charge on any atom is 0.230 e. The number of nitrogens with zero attached hydrogens (tertiary/aromatic N) is 6. The highest BCUT2D eigenvalue weighted by Crippen LogP contribution is 2.29. The van der Waals surface area contributed by atoms with E-state index in [1.807, 2.05) is 6.07 Å². The molecule has 0 aliphatic carbocycles. The van der Waals surface area contributed by atoms with Gasteiger partial charge in [0.15, 0.2) is 0 Å². The SMILES string of the molecule is O=C1Cc2c(ncnc2N2CCN(c3ncccn3)CC2)N1. The molecule has 1 amide bonds. The van der Waals surface area contributed by atoms with E-state index >= 15 is 0 Å². The first kappa shape index (κ1) is 12.9. The van der Waals surface area contributed by atoms with Crippen molar-refractivity contribution in [3.63, 3.8) is 0 Å². The summed E-state index contributed by atoms with van der Waals surface area (Å²) < 4.78 is 0. The molecule has 22 heavy (non-hydrogen) atoms. The third-order valence-electron chi connectivity index (χ3n) is 3.93. The Bertz CT molecular complexity index is 698. The minimum atomic E-state index is -0.0203. The van der Waals surface area contributed by atoms with Gasteiger partial charge in [-0.1, -0.05) is 0 Å². The molecule has 0 atom stereocenters. The van der Waals surface area contributed by atoms with Gasteiger partial charge in [-0.3, -0.25) is 4.79 Å². The summed E-state index contributed by atoms with van der Waals surface area (Å²) >= 11 is 0. The molecule has 0 bridgehead atoms. The van der Waals surface area contributed by atoms with Gasteiger partial charge in [0.25, 0.3) is 0 Å². The van der Waals surface area contributed by atoms with Crippen molar-refractivity contribution in [1.29, 1.82) is 0 Å². The van der Waals surface area contributed by atoms with Crippen LogP contribution in [0.5, 0.6) is 0 Å². The lowest BCUT2D eigenvalue weighted by Crippen LogP contribution is -2.47. The minimum Gasteiger partial charge on any atom is -0.353 e. The molecule has 0 spiro atoms. The Morgan fingerprint density at radius 3 is 2.45 bits per heavy atom. The summed E-state index contributed by atoms with van der Waals surface area (Å²) in [5.41, 5.74) is 0.900. The predicted molar refractivity (Wildman–Crippen MR) is 80.8 cm³/mol. The quantitative estimate of drug-likeness (QED) is 0.840. The molecular formula is C14H15N7O. The summed E-state index contributed by atoms with van der Waals surface area (Å²) in [4.78, 5) is 33.0. The molecule has 4 rings (SSSR count). The van der Waals surface area contributed by atoms with Crippen molar-refractivity contribution in [2.24, 2.45) is 0 Å². The number of piperazine rings is 1. The highest BCUT2D eigenvalue weighted by molar-refractivity contribution is 5.99. The van der Waals surface area contributed by atoms with E-state index in [-0.39, 0.29) is 5.91 Å². The zero-order valence-corrected chi connectivity index (χ0v) is 11.9. The first-order chi connectivity index (χ1) is 10.8. The summed E-state index contributed by atoms with van der Waals surface area (Å²) in [6, 6.07) is 1.81. The topological polar surface area (TPSA) is 87.1 Å². The van der Waals surface area contributed by atoms with Crippen LogP contribution in [0.2, 0.25) is 0 Å². The molecule has 2 aliphatic rings. The van der Waals surface area contributed by atoms with Crippen LogP contribution in [0.1, 0.15) is 5.56 Å². The number of aromatic nitrogens is 4. The van der Waals surface area contributed by atoms with Crippen molar-refractivity contribution in [2.75, 3.05) is 41.3 Å². The Morgan fingerprint density at radius 1 is 0.955 bits per heavy atom. The number of carbonyl (C=O) groups is 1. The number of hydrogen-bond donors (Lipinski definition) is 1. The van der Waals surface area contributed by atoms with Crippen molar-refractivity contribution in [2.45, 2.75) is 6.42 Å². The molecule has 0 aromatic carbocycles. The third kappa shape index (κ3) is 2.22. The van der Waals surface area contributed by atoms with E-state index in [1.54, 1.807) is 12.4 Å². The molecule has 0 unspecified atom stereocenters. The van der Waals surface area contributed by atoms with Crippen LogP contribution in [0, 0.1) is 0 Å². The van der Waals surface area contributed by atoms with Crippen molar-refractivity contribution in [1.82, 2.24) is 19.9 Å². The van der Waals surface area contributed by atoms with E-state index in [1.165, 1.54) is 6.33 Å². The zero-order valence-electron chi connectivity index (χ0n) is 11.9. The molecule has 8 heteroatoms. The van der Waals surface area contributed by atoms with Gasteiger partial charge in [-0.05, 0) is 6.07 Å². The number of rotatable bonds is 2. The van der Waals surface area contributed by atoms with Crippen molar-refractivity contribution in [3.05, 3.63) is 30.4 Å². The molecule has 2 aromatic rings. The lowest BCUT2D eigenvalue weighted by Gasteiger charge is -2.35. The number of hydrogen-bond acceptors (Lipinski definition) is 7. The van der Waals surface area contributed by atoms with E-state index in [4.69, 9.17) is 0 Å². The summed E-state index contributed by atoms with van der Waals surface area (Å²) in [6.45, 7) is 3.28. The average molecular weight is 297 g/mol. The molecular weight excluding hydrogens is 282 g/mol. The minimum absolute atomic E-state index is 0.0203. The van der Waals surface area contributed by atoms with Crippen LogP contribution in [0.15, 0.2) is 24.8 Å². The van der Waals surface area contributed by atoms with Gasteiger partial charge in [-0.15, -0.1) is 0 Å². The fourth-order valence-electron chi connectivity index (χ4n) is 2.86. The Kier molecular flexibility index (Phi) is 3.06. The van der Waals surface area contributed by atoms with Gasteiger partial charge in [0.2, 0.25) is 11.9 Å². The average Bonchev–Trinajstić information content (AvgIpc) is 2.96. The van der Waals surface area contributed by atoms with E-state index in [9.17, 15) is 4.79 Å². The summed E-state index contributed by atoms with van der Waals surface area (Å²) in [6.07, 6.45) is 5.37. The summed E-state index contributed by atoms with van der Waals surface area (Å²) in [5.74, 6) is 2.24. The number of fused-ring (bicyclic) bond motifs is 1. The van der Waals surface area contributed by atoms with Crippen molar-refractivity contribution < 1.29 is 4.79 Å². The first-order valence-electron chi connectivity index (χ1n) is 7.22. The Balaban J connectivity index is 1.51. The molecule has 1 fully saturated rings. The molecule has 1 saturated heterocycles. The monoisotopic (exact) mass is 297 g/mol. The number of amides is 1. The molecule has 2 aromatic heterocycles. The van der Waals surface area contributed by atoms with E-state index < -0.39 is 0 Å². The van der Waals surface area contributed by atoms with E-state index in [2.05, 4.69) is 35.1 Å². The van der Waals surface area contributed by atoms with Crippen LogP contribution >= 0.6 is 0 Å². The second-order valence-corrected chi connectivity index (χ2v) is 5.27. The molecule has 112 valence electrons. The van der Waals surface area contributed by atoms with E-state index in [0.717, 1.165) is 43.5 Å². The number of nitrogens with one attached hydrogen (secondary N) is 1. The summed E-state index contributed by atoms with van der Waals surface area (Å²) in [5, 5.41) is 2.76. The normalized spacial score (nSPS) is 17.4. The standard InChI is InChI=1S/C14H15N7O/c22-11-8-10-12(19-11)17-9-18-13(10)20-4-6-21(7-5-20)14-15-2-1-3-16-14/h1-3,9H,4-8H2,(H,17,18,19,22). The van der Waals surface area contributed by atoms with Crippen LogP contribution in [-0.4, -0.2) is 52.0 Å². The largest absolute Gasteiger partial charge is 0.353 e. The predicted octanol–water partition coefficient (Wildman–Crippen LogP) is 0.0878. The molecule has 0 saturated carbocycles. The molecule has 8 nitrogen and oxygen atoms in total. The highest BCUT2D eigenvalue weighted by atomic mass is 16.1. The fourth-order valence-corrected chi connectivity index (χ4v) is 2.86. The first-order valence-corrected chi connectivity index (χ1v) is 7.22. The maximum atomic E-state index is 11.5. The van der Waals surface area contributed by atoms with Gasteiger partial charge in [-0.25, -0.2) is 19.9 Å². The van der Waals surface area contributed by atoms with Gasteiger partial charge in [0, 0.05) is 44.1 Å². The van der Waals surface area contributed by atoms with Gasteiger partial charge in [-0.2, -0.15) is 0 Å². The molecule has 4 heterocycles. The van der Waals surface area contributed by atoms with Gasteiger partial charge < -0.3 is 15.1 Å². The highest BCUT2D eigenvalue weighted by Gasteiger charge is 2.28. The lowest BCUT2D eigenvalue weighted by atomic mass is 10.2.